The number of hydrogen-bond acceptors (Lipinski definition) is 6. The summed E-state index contributed by atoms with van der Waals surface area (Å²) >= 11 is 1.59. The van der Waals surface area contributed by atoms with Gasteiger partial charge in [0.25, 0.3) is 0 Å². The fraction of sp³-hybridized carbons (Fsp3) is 0.417. The Morgan fingerprint density at radius 1 is 1.16 bits per heavy atom. The fourth-order valence-electron chi connectivity index (χ4n) is 4.56. The number of amides is 2. The minimum absolute atomic E-state index is 0.0115. The Morgan fingerprint density at radius 3 is 2.81 bits per heavy atom. The van der Waals surface area contributed by atoms with Crippen LogP contribution in [0.15, 0.2) is 39.4 Å². The van der Waals surface area contributed by atoms with Gasteiger partial charge in [-0.3, -0.25) is 9.59 Å². The molecule has 4 heterocycles. The minimum atomic E-state index is -0.313. The summed E-state index contributed by atoms with van der Waals surface area (Å²) in [6.07, 6.45) is 2.05. The first-order chi connectivity index (χ1) is 15.5. The molecule has 0 bridgehead atoms. The molecule has 2 saturated heterocycles. The molecule has 0 spiro atoms. The molecule has 3 aromatic rings. The summed E-state index contributed by atoms with van der Waals surface area (Å²) in [6, 6.07) is 7.97. The maximum atomic E-state index is 13.3. The molecule has 0 N–H and O–H groups in total. The summed E-state index contributed by atoms with van der Waals surface area (Å²) in [5.74, 6) is 0.884. The molecule has 32 heavy (non-hydrogen) atoms. The number of aromatic nitrogens is 2. The zero-order valence-electron chi connectivity index (χ0n) is 18.3. The van der Waals surface area contributed by atoms with Crippen molar-refractivity contribution in [2.75, 3.05) is 24.5 Å². The van der Waals surface area contributed by atoms with E-state index in [1.165, 1.54) is 5.56 Å². The van der Waals surface area contributed by atoms with E-state index in [1.807, 2.05) is 46.8 Å². The second-order valence-corrected chi connectivity index (χ2v) is 9.53. The molecule has 2 aromatic heterocycles. The molecular weight excluding hydrogens is 424 g/mol. The summed E-state index contributed by atoms with van der Waals surface area (Å²) in [4.78, 5) is 29.6. The lowest BCUT2D eigenvalue weighted by atomic mass is 9.96. The third-order valence-electron chi connectivity index (χ3n) is 6.57. The highest BCUT2D eigenvalue weighted by Gasteiger charge is 2.39. The number of carbonyl (C=O) groups excluding carboxylic acids is 2. The Morgan fingerprint density at radius 2 is 2.03 bits per heavy atom. The molecule has 2 aliphatic rings. The molecular formula is C24H26N4O3S. The standard InChI is InChI=1S/C24H26N4O3S/c1-15-5-6-20(10-16(15)2)28-13-19(11-21(28)29)24(30)27-8-3-4-17(12-27)22-25-26-23(31-22)18-7-9-32-14-18/h5-7,9-10,14,17,19H,3-4,8,11-13H2,1-2H3. The van der Waals surface area contributed by atoms with Crippen LogP contribution < -0.4 is 4.90 Å². The van der Waals surface area contributed by atoms with E-state index < -0.39 is 0 Å². The predicted octanol–water partition coefficient (Wildman–Crippen LogP) is 4.17. The molecule has 5 rings (SSSR count). The van der Waals surface area contributed by atoms with Gasteiger partial charge in [-0.2, -0.15) is 11.3 Å². The molecule has 1 aromatic carbocycles. The van der Waals surface area contributed by atoms with Crippen LogP contribution in [0.3, 0.4) is 0 Å². The number of rotatable bonds is 4. The molecule has 0 aliphatic carbocycles. The van der Waals surface area contributed by atoms with Crippen molar-refractivity contribution >= 4 is 28.8 Å². The predicted molar refractivity (Wildman–Crippen MR) is 123 cm³/mol. The first kappa shape index (κ1) is 20.9. The summed E-state index contributed by atoms with van der Waals surface area (Å²) < 4.78 is 5.92. The van der Waals surface area contributed by atoms with Crippen molar-refractivity contribution in [1.29, 1.82) is 0 Å². The highest BCUT2D eigenvalue weighted by atomic mass is 32.1. The van der Waals surface area contributed by atoms with E-state index in [-0.39, 0.29) is 30.1 Å². The van der Waals surface area contributed by atoms with Gasteiger partial charge in [0.05, 0.1) is 11.8 Å². The van der Waals surface area contributed by atoms with Crippen LogP contribution in [0.2, 0.25) is 0 Å². The average molecular weight is 451 g/mol. The van der Waals surface area contributed by atoms with Gasteiger partial charge in [-0.15, -0.1) is 10.2 Å². The van der Waals surface area contributed by atoms with Crippen molar-refractivity contribution in [3.8, 4) is 11.5 Å². The van der Waals surface area contributed by atoms with Crippen LogP contribution in [-0.2, 0) is 9.59 Å². The van der Waals surface area contributed by atoms with Gasteiger partial charge >= 0.3 is 0 Å². The second kappa shape index (κ2) is 8.50. The summed E-state index contributed by atoms with van der Waals surface area (Å²) in [7, 11) is 0. The summed E-state index contributed by atoms with van der Waals surface area (Å²) in [5.41, 5.74) is 4.13. The van der Waals surface area contributed by atoms with E-state index in [2.05, 4.69) is 17.1 Å². The lowest BCUT2D eigenvalue weighted by Gasteiger charge is -2.32. The minimum Gasteiger partial charge on any atom is -0.420 e. The first-order valence-corrected chi connectivity index (χ1v) is 12.0. The molecule has 2 fully saturated rings. The molecule has 2 unspecified atom stereocenters. The fourth-order valence-corrected chi connectivity index (χ4v) is 5.19. The highest BCUT2D eigenvalue weighted by Crippen LogP contribution is 2.32. The topological polar surface area (TPSA) is 79.5 Å². The van der Waals surface area contributed by atoms with Gasteiger partial charge in [0, 0.05) is 42.7 Å². The van der Waals surface area contributed by atoms with Gasteiger partial charge in [0.2, 0.25) is 23.6 Å². The number of carbonyl (C=O) groups is 2. The summed E-state index contributed by atoms with van der Waals surface area (Å²) in [5, 5.41) is 12.4. The Bertz CT molecular complexity index is 1140. The number of anilines is 1. The number of hydrogen-bond donors (Lipinski definition) is 0. The Kier molecular flexibility index (Phi) is 5.55. The van der Waals surface area contributed by atoms with Crippen molar-refractivity contribution in [2.24, 2.45) is 5.92 Å². The number of thiophene rings is 1. The first-order valence-electron chi connectivity index (χ1n) is 11.0. The third kappa shape index (κ3) is 3.95. The van der Waals surface area contributed by atoms with Gasteiger partial charge in [0.1, 0.15) is 0 Å². The number of likely N-dealkylation sites (tertiary alicyclic amines) is 1. The molecule has 2 amide bonds. The Hall–Kier alpha value is -3.00. The van der Waals surface area contributed by atoms with Crippen LogP contribution in [0.25, 0.3) is 11.5 Å². The zero-order chi connectivity index (χ0) is 22.2. The SMILES string of the molecule is Cc1ccc(N2CC(C(=O)N3CCCC(c4nnc(-c5ccsc5)o4)C3)CC2=O)cc1C. The van der Waals surface area contributed by atoms with Gasteiger partial charge in [-0.25, -0.2) is 0 Å². The van der Waals surface area contributed by atoms with Crippen molar-refractivity contribution < 1.29 is 14.0 Å². The van der Waals surface area contributed by atoms with Crippen LogP contribution in [0, 0.1) is 19.8 Å². The number of aryl methyl sites for hydroxylation is 2. The zero-order valence-corrected chi connectivity index (χ0v) is 19.1. The molecule has 2 aliphatic heterocycles. The Labute approximate surface area is 191 Å². The van der Waals surface area contributed by atoms with Crippen molar-refractivity contribution in [3.05, 3.63) is 52.0 Å². The van der Waals surface area contributed by atoms with Gasteiger partial charge < -0.3 is 14.2 Å². The Balaban J connectivity index is 1.26. The summed E-state index contributed by atoms with van der Waals surface area (Å²) in [6.45, 7) is 5.78. The number of nitrogens with zero attached hydrogens (tertiary/aromatic N) is 4. The largest absolute Gasteiger partial charge is 0.420 e. The quantitative estimate of drug-likeness (QED) is 0.596. The third-order valence-corrected chi connectivity index (χ3v) is 7.25. The lowest BCUT2D eigenvalue weighted by molar-refractivity contribution is -0.137. The van der Waals surface area contributed by atoms with Crippen molar-refractivity contribution in [2.45, 2.75) is 39.0 Å². The van der Waals surface area contributed by atoms with E-state index in [1.54, 1.807) is 16.2 Å². The van der Waals surface area contributed by atoms with Crippen LogP contribution in [0.5, 0.6) is 0 Å². The van der Waals surface area contributed by atoms with Crippen LogP contribution in [-0.4, -0.2) is 46.5 Å². The number of benzene rings is 1. The maximum absolute atomic E-state index is 13.3. The van der Waals surface area contributed by atoms with E-state index in [0.717, 1.165) is 29.7 Å². The lowest BCUT2D eigenvalue weighted by Crippen LogP contribution is -2.43. The second-order valence-electron chi connectivity index (χ2n) is 8.75. The maximum Gasteiger partial charge on any atom is 0.248 e. The highest BCUT2D eigenvalue weighted by molar-refractivity contribution is 7.08. The van der Waals surface area contributed by atoms with E-state index in [0.29, 0.717) is 31.4 Å². The van der Waals surface area contributed by atoms with Crippen LogP contribution in [0.1, 0.15) is 42.2 Å². The van der Waals surface area contributed by atoms with Crippen LogP contribution in [0.4, 0.5) is 5.69 Å². The number of piperidine rings is 1. The smallest absolute Gasteiger partial charge is 0.248 e. The monoisotopic (exact) mass is 450 g/mol. The molecule has 166 valence electrons. The van der Waals surface area contributed by atoms with Gasteiger partial charge in [-0.1, -0.05) is 6.07 Å². The van der Waals surface area contributed by atoms with Gasteiger partial charge in [-0.05, 0) is 61.4 Å². The molecule has 0 radical (unpaired) electrons. The molecule has 2 atom stereocenters. The molecule has 0 saturated carbocycles. The van der Waals surface area contributed by atoms with Crippen LogP contribution >= 0.6 is 11.3 Å². The normalized spacial score (nSPS) is 21.4. The van der Waals surface area contributed by atoms with Gasteiger partial charge in [0.15, 0.2) is 0 Å². The average Bonchev–Trinajstić information content (AvgIpc) is 3.56. The van der Waals surface area contributed by atoms with E-state index in [4.69, 9.17) is 4.42 Å². The van der Waals surface area contributed by atoms with Crippen molar-refractivity contribution in [1.82, 2.24) is 15.1 Å². The molecule has 7 nitrogen and oxygen atoms in total. The van der Waals surface area contributed by atoms with E-state index in [9.17, 15) is 9.59 Å². The molecule has 8 heteroatoms. The van der Waals surface area contributed by atoms with Crippen molar-refractivity contribution in [3.63, 3.8) is 0 Å². The van der Waals surface area contributed by atoms with E-state index >= 15 is 0 Å².